The summed E-state index contributed by atoms with van der Waals surface area (Å²) in [6, 6.07) is 1.96. The Morgan fingerprint density at radius 2 is 2.07 bits per heavy atom. The first-order chi connectivity index (χ1) is 6.68. The molecule has 2 aromatic heterocycles. The van der Waals surface area contributed by atoms with Gasteiger partial charge < -0.3 is 5.73 Å². The van der Waals surface area contributed by atoms with Crippen LogP contribution in [0, 0.1) is 0 Å². The van der Waals surface area contributed by atoms with Gasteiger partial charge in [-0.05, 0) is 43.3 Å². The summed E-state index contributed by atoms with van der Waals surface area (Å²) >= 11 is 8.25. The molecule has 0 fully saturated rings. The van der Waals surface area contributed by atoms with Crippen molar-refractivity contribution in [1.29, 1.82) is 0 Å². The van der Waals surface area contributed by atoms with Gasteiger partial charge in [-0.25, -0.2) is 9.97 Å². The first kappa shape index (κ1) is 10.1. The number of halogens is 2. The van der Waals surface area contributed by atoms with Gasteiger partial charge in [0.1, 0.15) is 5.82 Å². The SMILES string of the molecule is Nc1nc(-c2sccc2Br)ncc1Br. The van der Waals surface area contributed by atoms with E-state index in [4.69, 9.17) is 5.73 Å². The Kier molecular flexibility index (Phi) is 2.85. The fraction of sp³-hybridized carbons (Fsp3) is 0. The zero-order valence-electron chi connectivity index (χ0n) is 6.87. The number of nitrogens with two attached hydrogens (primary N) is 1. The second-order valence-electron chi connectivity index (χ2n) is 2.52. The van der Waals surface area contributed by atoms with Gasteiger partial charge in [-0.1, -0.05) is 0 Å². The van der Waals surface area contributed by atoms with Crippen LogP contribution in [0.25, 0.3) is 10.7 Å². The van der Waals surface area contributed by atoms with E-state index >= 15 is 0 Å². The molecule has 0 spiro atoms. The van der Waals surface area contributed by atoms with Crippen molar-refractivity contribution in [3.63, 3.8) is 0 Å². The minimum atomic E-state index is 0.454. The monoisotopic (exact) mass is 333 g/mol. The van der Waals surface area contributed by atoms with Crippen molar-refractivity contribution in [1.82, 2.24) is 9.97 Å². The van der Waals surface area contributed by atoms with E-state index in [1.165, 1.54) is 0 Å². The Morgan fingerprint density at radius 1 is 1.29 bits per heavy atom. The van der Waals surface area contributed by atoms with Crippen LogP contribution in [0.1, 0.15) is 0 Å². The zero-order chi connectivity index (χ0) is 10.1. The maximum Gasteiger partial charge on any atom is 0.172 e. The zero-order valence-corrected chi connectivity index (χ0v) is 10.9. The molecule has 0 aliphatic carbocycles. The van der Waals surface area contributed by atoms with Crippen LogP contribution in [-0.4, -0.2) is 9.97 Å². The highest BCUT2D eigenvalue weighted by Crippen LogP contribution is 2.32. The molecule has 2 aromatic rings. The highest BCUT2D eigenvalue weighted by molar-refractivity contribution is 9.11. The predicted octanol–water partition coefficient (Wildman–Crippen LogP) is 3.31. The molecule has 2 N–H and O–H groups in total. The Bertz CT molecular complexity index is 469. The molecule has 0 saturated carbocycles. The number of anilines is 1. The van der Waals surface area contributed by atoms with Crippen LogP contribution in [-0.2, 0) is 0 Å². The number of hydrogen-bond donors (Lipinski definition) is 1. The first-order valence-corrected chi connectivity index (χ1v) is 6.16. The van der Waals surface area contributed by atoms with E-state index in [1.807, 2.05) is 11.4 Å². The molecule has 0 atom stereocenters. The largest absolute Gasteiger partial charge is 0.383 e. The summed E-state index contributed by atoms with van der Waals surface area (Å²) in [5.41, 5.74) is 5.67. The van der Waals surface area contributed by atoms with Crippen molar-refractivity contribution in [3.8, 4) is 10.7 Å². The van der Waals surface area contributed by atoms with Crippen molar-refractivity contribution in [2.75, 3.05) is 5.73 Å². The van der Waals surface area contributed by atoms with Crippen LogP contribution in [0.15, 0.2) is 26.6 Å². The van der Waals surface area contributed by atoms with Gasteiger partial charge in [-0.15, -0.1) is 11.3 Å². The summed E-state index contributed by atoms with van der Waals surface area (Å²) in [6.07, 6.45) is 1.66. The third-order valence-corrected chi connectivity index (χ3v) is 4.04. The third-order valence-electron chi connectivity index (χ3n) is 1.59. The molecular weight excluding hydrogens is 330 g/mol. The number of hydrogen-bond acceptors (Lipinski definition) is 4. The normalized spacial score (nSPS) is 10.4. The minimum absolute atomic E-state index is 0.454. The van der Waals surface area contributed by atoms with Gasteiger partial charge in [0.15, 0.2) is 5.82 Å². The lowest BCUT2D eigenvalue weighted by molar-refractivity contribution is 1.18. The molecular formula is C8H5Br2N3S. The molecule has 0 radical (unpaired) electrons. The lowest BCUT2D eigenvalue weighted by atomic mass is 10.4. The second-order valence-corrected chi connectivity index (χ2v) is 5.15. The van der Waals surface area contributed by atoms with Gasteiger partial charge in [-0.2, -0.15) is 0 Å². The van der Waals surface area contributed by atoms with E-state index < -0.39 is 0 Å². The Hall–Kier alpha value is -0.460. The summed E-state index contributed by atoms with van der Waals surface area (Å²) < 4.78 is 1.71. The van der Waals surface area contributed by atoms with Crippen LogP contribution >= 0.6 is 43.2 Å². The van der Waals surface area contributed by atoms with Crippen LogP contribution in [0.5, 0.6) is 0 Å². The molecule has 0 aromatic carbocycles. The summed E-state index contributed by atoms with van der Waals surface area (Å²) in [4.78, 5) is 9.35. The maximum absolute atomic E-state index is 5.67. The van der Waals surface area contributed by atoms with Crippen molar-refractivity contribution in [2.45, 2.75) is 0 Å². The van der Waals surface area contributed by atoms with Crippen molar-refractivity contribution in [2.24, 2.45) is 0 Å². The topological polar surface area (TPSA) is 51.8 Å². The number of rotatable bonds is 1. The van der Waals surface area contributed by atoms with Crippen molar-refractivity contribution in [3.05, 3.63) is 26.6 Å². The standard InChI is InChI=1S/C8H5Br2N3S/c9-4-1-2-14-6(4)8-12-3-5(10)7(11)13-8/h1-3H,(H2,11,12,13). The lowest BCUT2D eigenvalue weighted by Gasteiger charge is -2.00. The number of nitrogens with zero attached hydrogens (tertiary/aromatic N) is 2. The smallest absolute Gasteiger partial charge is 0.172 e. The molecule has 0 amide bonds. The fourth-order valence-corrected chi connectivity index (χ4v) is 2.62. The van der Waals surface area contributed by atoms with E-state index in [9.17, 15) is 0 Å². The first-order valence-electron chi connectivity index (χ1n) is 3.70. The van der Waals surface area contributed by atoms with Gasteiger partial charge in [0, 0.05) is 10.7 Å². The van der Waals surface area contributed by atoms with E-state index in [2.05, 4.69) is 41.8 Å². The molecule has 0 bridgehead atoms. The highest BCUT2D eigenvalue weighted by Gasteiger charge is 2.08. The van der Waals surface area contributed by atoms with Gasteiger partial charge in [0.2, 0.25) is 0 Å². The molecule has 3 nitrogen and oxygen atoms in total. The highest BCUT2D eigenvalue weighted by atomic mass is 79.9. The average molecular weight is 335 g/mol. The van der Waals surface area contributed by atoms with E-state index in [0.717, 1.165) is 9.35 Å². The van der Waals surface area contributed by atoms with Crippen LogP contribution in [0.3, 0.4) is 0 Å². The summed E-state index contributed by atoms with van der Waals surface area (Å²) in [5, 5.41) is 1.97. The van der Waals surface area contributed by atoms with E-state index in [-0.39, 0.29) is 0 Å². The second kappa shape index (κ2) is 3.96. The molecule has 0 unspecified atom stereocenters. The fourth-order valence-electron chi connectivity index (χ4n) is 0.943. The van der Waals surface area contributed by atoms with Crippen molar-refractivity contribution < 1.29 is 0 Å². The van der Waals surface area contributed by atoms with Gasteiger partial charge in [0.05, 0.1) is 9.35 Å². The molecule has 0 aliphatic heterocycles. The van der Waals surface area contributed by atoms with E-state index in [0.29, 0.717) is 16.1 Å². The number of aromatic nitrogens is 2. The predicted molar refractivity (Wildman–Crippen MR) is 65.2 cm³/mol. The van der Waals surface area contributed by atoms with Crippen LogP contribution in [0.2, 0.25) is 0 Å². The number of thiophene rings is 1. The molecule has 0 saturated heterocycles. The number of nitrogen functional groups attached to an aromatic ring is 1. The Labute approximate surface area is 102 Å². The molecule has 14 heavy (non-hydrogen) atoms. The summed E-state index contributed by atoms with van der Waals surface area (Å²) in [7, 11) is 0. The minimum Gasteiger partial charge on any atom is -0.383 e. The average Bonchev–Trinajstić information content (AvgIpc) is 2.57. The van der Waals surface area contributed by atoms with Gasteiger partial charge >= 0.3 is 0 Å². The van der Waals surface area contributed by atoms with Gasteiger partial charge in [0.25, 0.3) is 0 Å². The van der Waals surface area contributed by atoms with Gasteiger partial charge in [-0.3, -0.25) is 0 Å². The molecule has 72 valence electrons. The quantitative estimate of drug-likeness (QED) is 0.870. The van der Waals surface area contributed by atoms with Crippen LogP contribution in [0.4, 0.5) is 5.82 Å². The molecule has 0 aliphatic rings. The third kappa shape index (κ3) is 1.82. The molecule has 6 heteroatoms. The molecule has 2 rings (SSSR count). The maximum atomic E-state index is 5.67. The Balaban J connectivity index is 2.53. The van der Waals surface area contributed by atoms with Crippen LogP contribution < -0.4 is 5.73 Å². The van der Waals surface area contributed by atoms with E-state index in [1.54, 1.807) is 17.5 Å². The lowest BCUT2D eigenvalue weighted by Crippen LogP contribution is -1.95. The van der Waals surface area contributed by atoms with Crippen molar-refractivity contribution >= 4 is 49.0 Å². The summed E-state index contributed by atoms with van der Waals surface area (Å²) in [5.74, 6) is 1.10. The summed E-state index contributed by atoms with van der Waals surface area (Å²) in [6.45, 7) is 0. The Morgan fingerprint density at radius 3 is 2.64 bits per heavy atom. The molecule has 2 heterocycles.